The monoisotopic (exact) mass is 363 g/mol. The first-order valence-corrected chi connectivity index (χ1v) is 8.68. The normalized spacial score (nSPS) is 16.4. The highest BCUT2D eigenvalue weighted by Gasteiger charge is 2.41. The molecule has 0 spiro atoms. The highest BCUT2D eigenvalue weighted by Crippen LogP contribution is 2.39. The number of nitrogen functional groups attached to an aromatic ring is 1. The van der Waals surface area contributed by atoms with Crippen molar-refractivity contribution in [3.8, 4) is 0 Å². The van der Waals surface area contributed by atoms with E-state index in [1.807, 2.05) is 17.0 Å². The van der Waals surface area contributed by atoms with Crippen LogP contribution in [0.4, 0.5) is 34.0 Å². The van der Waals surface area contributed by atoms with Crippen LogP contribution in [0, 0.1) is 0 Å². The fourth-order valence-corrected chi connectivity index (χ4v) is 3.18. The second-order valence-electron chi connectivity index (χ2n) is 6.58. The summed E-state index contributed by atoms with van der Waals surface area (Å²) in [4.78, 5) is 29.6. The van der Waals surface area contributed by atoms with Crippen molar-refractivity contribution in [2.75, 3.05) is 16.0 Å². The Morgan fingerprint density at radius 3 is 2.89 bits per heavy atom. The number of aromatic nitrogens is 3. The van der Waals surface area contributed by atoms with Crippen LogP contribution in [0.2, 0.25) is 0 Å². The number of fused-ring (bicyclic) bond motifs is 1. The van der Waals surface area contributed by atoms with Gasteiger partial charge in [-0.1, -0.05) is 6.07 Å². The van der Waals surface area contributed by atoms with Gasteiger partial charge >= 0.3 is 12.0 Å². The lowest BCUT2D eigenvalue weighted by molar-refractivity contribution is 0.198. The first kappa shape index (κ1) is 15.6. The number of carbonyl (C=O) groups is 1. The molecule has 0 bridgehead atoms. The minimum atomic E-state index is -0.101. The third-order valence-electron chi connectivity index (χ3n) is 4.60. The Bertz CT molecular complexity index is 1000. The minimum Gasteiger partial charge on any atom is -0.432 e. The number of rotatable bonds is 4. The molecule has 1 aliphatic carbocycles. The smallest absolute Gasteiger partial charge is 0.330 e. The van der Waals surface area contributed by atoms with Crippen LogP contribution in [0.5, 0.6) is 0 Å². The van der Waals surface area contributed by atoms with Crippen molar-refractivity contribution in [2.45, 2.75) is 25.4 Å². The molecule has 2 aliphatic rings. The summed E-state index contributed by atoms with van der Waals surface area (Å²) < 4.78 is 5.18. The zero-order valence-corrected chi connectivity index (χ0v) is 14.4. The van der Waals surface area contributed by atoms with Gasteiger partial charge < -0.3 is 15.1 Å². The van der Waals surface area contributed by atoms with E-state index in [4.69, 9.17) is 10.2 Å². The first-order chi connectivity index (χ1) is 13.2. The van der Waals surface area contributed by atoms with Gasteiger partial charge in [0.1, 0.15) is 6.26 Å². The lowest BCUT2D eigenvalue weighted by atomic mass is 10.1. The second kappa shape index (κ2) is 5.97. The molecule has 1 fully saturated rings. The van der Waals surface area contributed by atoms with Crippen molar-refractivity contribution < 1.29 is 9.21 Å². The maximum atomic E-state index is 13.2. The average Bonchev–Trinajstić information content (AvgIpc) is 3.38. The van der Waals surface area contributed by atoms with Crippen LogP contribution in [0.15, 0.2) is 47.3 Å². The van der Waals surface area contributed by atoms with E-state index in [-0.39, 0.29) is 18.1 Å². The number of nitrogens with two attached hydrogens (primary N) is 1. The van der Waals surface area contributed by atoms with E-state index in [0.29, 0.717) is 29.7 Å². The zero-order chi connectivity index (χ0) is 18.4. The van der Waals surface area contributed by atoms with E-state index < -0.39 is 0 Å². The quantitative estimate of drug-likeness (QED) is 0.685. The van der Waals surface area contributed by atoms with Crippen molar-refractivity contribution in [1.82, 2.24) is 19.9 Å². The molecule has 0 atom stereocenters. The first-order valence-electron chi connectivity index (χ1n) is 8.68. The van der Waals surface area contributed by atoms with Gasteiger partial charge in [-0.2, -0.15) is 4.98 Å². The highest BCUT2D eigenvalue weighted by molar-refractivity contribution is 6.01. The molecule has 1 saturated carbocycles. The Kier molecular flexibility index (Phi) is 3.46. The molecule has 2 amide bonds. The largest absolute Gasteiger partial charge is 0.432 e. The average molecular weight is 363 g/mol. The molecule has 0 radical (unpaired) electrons. The van der Waals surface area contributed by atoms with Gasteiger partial charge in [0.25, 0.3) is 0 Å². The summed E-state index contributed by atoms with van der Waals surface area (Å²) in [5.74, 6) is 0.837. The van der Waals surface area contributed by atoms with Crippen molar-refractivity contribution >= 4 is 35.2 Å². The van der Waals surface area contributed by atoms with Gasteiger partial charge in [-0.3, -0.25) is 5.32 Å². The summed E-state index contributed by atoms with van der Waals surface area (Å²) in [6.45, 7) is 0.497. The van der Waals surface area contributed by atoms with Crippen LogP contribution in [0.1, 0.15) is 18.4 Å². The Morgan fingerprint density at radius 1 is 1.26 bits per heavy atom. The number of hydrogen-bond acceptors (Lipinski definition) is 7. The van der Waals surface area contributed by atoms with Gasteiger partial charge in [0.15, 0.2) is 5.82 Å². The molecule has 1 aliphatic heterocycles. The molecule has 0 unspecified atom stereocenters. The van der Waals surface area contributed by atoms with E-state index in [2.05, 4.69) is 20.3 Å². The molecule has 3 aromatic rings. The van der Waals surface area contributed by atoms with Crippen molar-refractivity contribution in [1.29, 1.82) is 0 Å². The summed E-state index contributed by atoms with van der Waals surface area (Å²) in [5, 5.41) is 2.90. The molecule has 5 rings (SSSR count). The second-order valence-corrected chi connectivity index (χ2v) is 6.58. The molecule has 0 saturated heterocycles. The van der Waals surface area contributed by atoms with Gasteiger partial charge in [0.2, 0.25) is 5.95 Å². The summed E-state index contributed by atoms with van der Waals surface area (Å²) >= 11 is 0. The fraction of sp³-hybridized carbons (Fsp3) is 0.222. The molecule has 9 heteroatoms. The van der Waals surface area contributed by atoms with Gasteiger partial charge in [-0.25, -0.2) is 19.7 Å². The van der Waals surface area contributed by atoms with Crippen LogP contribution in [-0.2, 0) is 6.54 Å². The summed E-state index contributed by atoms with van der Waals surface area (Å²) in [5.41, 5.74) is 8.07. The predicted molar refractivity (Wildman–Crippen MR) is 98.8 cm³/mol. The molecule has 3 heterocycles. The Hall–Kier alpha value is -3.62. The number of benzene rings is 1. The number of nitrogens with zero attached hydrogens (tertiary/aromatic N) is 5. The van der Waals surface area contributed by atoms with Crippen molar-refractivity contribution in [2.24, 2.45) is 0 Å². The lowest BCUT2D eigenvalue weighted by Gasteiger charge is -2.36. The van der Waals surface area contributed by atoms with Crippen LogP contribution in [0.25, 0.3) is 0 Å². The summed E-state index contributed by atoms with van der Waals surface area (Å²) in [7, 11) is 0. The topological polar surface area (TPSA) is 113 Å². The molecular formula is C18H17N7O2. The molecule has 3 N–H and O–H groups in total. The number of hydrogen-bond donors (Lipinski definition) is 2. The van der Waals surface area contributed by atoms with Crippen LogP contribution >= 0.6 is 0 Å². The SMILES string of the molecule is Nc1cccc(N2C(=O)N(C3CC3)Cc3cnc(Nc4ncco4)nc32)c1. The minimum absolute atomic E-state index is 0.101. The van der Waals surface area contributed by atoms with Crippen LogP contribution in [-0.4, -0.2) is 31.9 Å². The summed E-state index contributed by atoms with van der Waals surface area (Å²) in [6, 6.07) is 7.68. The van der Waals surface area contributed by atoms with Gasteiger partial charge in [-0.05, 0) is 31.0 Å². The number of nitrogens with one attached hydrogen (secondary N) is 1. The third-order valence-corrected chi connectivity index (χ3v) is 4.60. The number of urea groups is 1. The Morgan fingerprint density at radius 2 is 2.15 bits per heavy atom. The van der Waals surface area contributed by atoms with Gasteiger partial charge in [0.05, 0.1) is 18.4 Å². The molecular weight excluding hydrogens is 346 g/mol. The highest BCUT2D eigenvalue weighted by atomic mass is 16.4. The molecule has 9 nitrogen and oxygen atoms in total. The maximum absolute atomic E-state index is 13.2. The van der Waals surface area contributed by atoms with Crippen molar-refractivity contribution in [3.05, 3.63) is 48.5 Å². The maximum Gasteiger partial charge on any atom is 0.330 e. The van der Waals surface area contributed by atoms with E-state index in [9.17, 15) is 4.79 Å². The third kappa shape index (κ3) is 2.82. The van der Waals surface area contributed by atoms with Gasteiger partial charge in [0, 0.05) is 23.5 Å². The fourth-order valence-electron chi connectivity index (χ4n) is 3.18. The van der Waals surface area contributed by atoms with Crippen LogP contribution in [0.3, 0.4) is 0 Å². The number of amides is 2. The number of anilines is 5. The standard InChI is InChI=1S/C18H17N7O2/c19-12-2-1-3-14(8-12)25-15-11(10-24(18(25)26)13-4-5-13)9-21-16(22-15)23-17-20-6-7-27-17/h1-3,6-9,13H,4-5,10,19H2,(H,20,21,22,23). The van der Waals surface area contributed by atoms with Crippen LogP contribution < -0.4 is 16.0 Å². The predicted octanol–water partition coefficient (Wildman–Crippen LogP) is 3.03. The Balaban J connectivity index is 1.59. The van der Waals surface area contributed by atoms with E-state index >= 15 is 0 Å². The zero-order valence-electron chi connectivity index (χ0n) is 14.4. The molecule has 136 valence electrons. The molecule has 1 aromatic carbocycles. The molecule has 2 aromatic heterocycles. The number of carbonyl (C=O) groups excluding carboxylic acids is 1. The van der Waals surface area contributed by atoms with Gasteiger partial charge in [-0.15, -0.1) is 0 Å². The lowest BCUT2D eigenvalue weighted by Crippen LogP contribution is -2.46. The summed E-state index contributed by atoms with van der Waals surface area (Å²) in [6.07, 6.45) is 6.76. The Labute approximate surface area is 154 Å². The van der Waals surface area contributed by atoms with E-state index in [1.54, 1.807) is 23.2 Å². The van der Waals surface area contributed by atoms with Crippen molar-refractivity contribution in [3.63, 3.8) is 0 Å². The number of oxazole rings is 1. The molecule has 27 heavy (non-hydrogen) atoms. The van der Waals surface area contributed by atoms with E-state index in [0.717, 1.165) is 18.4 Å². The van der Waals surface area contributed by atoms with E-state index in [1.165, 1.54) is 12.5 Å².